The molecule has 0 aliphatic carbocycles. The Balaban J connectivity index is 1.31. The van der Waals surface area contributed by atoms with Crippen molar-refractivity contribution in [2.45, 2.75) is 38.8 Å². The summed E-state index contributed by atoms with van der Waals surface area (Å²) in [4.78, 5) is 40.6. The fourth-order valence-corrected chi connectivity index (χ4v) is 5.23. The maximum absolute atomic E-state index is 13.1. The van der Waals surface area contributed by atoms with Crippen molar-refractivity contribution in [3.05, 3.63) is 64.5 Å². The highest BCUT2D eigenvalue weighted by atomic mass is 32.1. The zero-order chi connectivity index (χ0) is 26.8. The molecule has 2 atom stereocenters. The third-order valence-electron chi connectivity index (χ3n) is 6.62. The Labute approximate surface area is 224 Å². The van der Waals surface area contributed by atoms with E-state index in [1.54, 1.807) is 41.7 Å². The summed E-state index contributed by atoms with van der Waals surface area (Å²) in [6, 6.07) is 7.36. The van der Waals surface area contributed by atoms with Crippen LogP contribution in [0.4, 0.5) is 17.3 Å². The highest BCUT2D eigenvalue weighted by Crippen LogP contribution is 2.27. The predicted molar refractivity (Wildman–Crippen MR) is 147 cm³/mol. The van der Waals surface area contributed by atoms with E-state index in [4.69, 9.17) is 5.73 Å². The van der Waals surface area contributed by atoms with E-state index in [0.29, 0.717) is 17.1 Å². The van der Waals surface area contributed by atoms with Crippen molar-refractivity contribution in [1.29, 1.82) is 0 Å². The monoisotopic (exact) mass is 531 g/mol. The summed E-state index contributed by atoms with van der Waals surface area (Å²) in [6.45, 7) is 4.77. The second-order valence-corrected chi connectivity index (χ2v) is 10.4. The van der Waals surface area contributed by atoms with Crippen LogP contribution < -0.4 is 21.3 Å². The zero-order valence-corrected chi connectivity index (χ0v) is 22.2. The van der Waals surface area contributed by atoms with Gasteiger partial charge in [0.05, 0.1) is 28.8 Å². The van der Waals surface area contributed by atoms with Crippen LogP contribution in [0.3, 0.4) is 0 Å². The van der Waals surface area contributed by atoms with Gasteiger partial charge in [-0.25, -0.2) is 15.0 Å². The molecule has 1 aliphatic rings. The number of nitrogens with one attached hydrogen (secondary N) is 2. The van der Waals surface area contributed by atoms with Gasteiger partial charge in [-0.05, 0) is 38.8 Å². The van der Waals surface area contributed by atoms with E-state index in [1.807, 2.05) is 36.6 Å². The maximum Gasteiger partial charge on any atom is 0.271 e. The maximum atomic E-state index is 13.1. The molecule has 0 saturated carbocycles. The van der Waals surface area contributed by atoms with Crippen LogP contribution in [0.2, 0.25) is 0 Å². The average Bonchev–Trinajstić information content (AvgIpc) is 3.52. The number of primary amides is 1. The predicted octanol–water partition coefficient (Wildman–Crippen LogP) is 3.27. The summed E-state index contributed by atoms with van der Waals surface area (Å²) in [5, 5.41) is 13.4. The Bertz CT molecular complexity index is 1460. The highest BCUT2D eigenvalue weighted by molar-refractivity contribution is 7.09. The van der Waals surface area contributed by atoms with Gasteiger partial charge in [0.1, 0.15) is 5.82 Å². The summed E-state index contributed by atoms with van der Waals surface area (Å²) in [6.07, 6.45) is 6.64. The normalized spacial score (nSPS) is 17.3. The Kier molecular flexibility index (Phi) is 7.05. The molecule has 196 valence electrons. The second kappa shape index (κ2) is 10.6. The molecule has 5 rings (SSSR count). The van der Waals surface area contributed by atoms with Crippen molar-refractivity contribution in [3.63, 3.8) is 0 Å². The molecule has 4 N–H and O–H groups in total. The first-order chi connectivity index (χ1) is 18.3. The Hall–Kier alpha value is -4.32. The lowest BCUT2D eigenvalue weighted by atomic mass is 9.97. The van der Waals surface area contributed by atoms with Crippen molar-refractivity contribution in [2.24, 2.45) is 12.8 Å². The average molecular weight is 532 g/mol. The minimum absolute atomic E-state index is 0.0448. The number of carbonyl (C=O) groups excluding carboxylic acids is 2. The first kappa shape index (κ1) is 25.3. The molecule has 1 aliphatic heterocycles. The van der Waals surface area contributed by atoms with Crippen molar-refractivity contribution in [1.82, 2.24) is 30.0 Å². The molecule has 3 aromatic heterocycles. The molecule has 1 aromatic carbocycles. The van der Waals surface area contributed by atoms with E-state index in [-0.39, 0.29) is 29.5 Å². The number of benzene rings is 1. The van der Waals surface area contributed by atoms with Gasteiger partial charge in [0, 0.05) is 48.4 Å². The number of rotatable bonds is 7. The van der Waals surface area contributed by atoms with E-state index < -0.39 is 5.91 Å². The second-order valence-electron chi connectivity index (χ2n) is 9.30. The van der Waals surface area contributed by atoms with Crippen LogP contribution in [-0.4, -0.2) is 55.2 Å². The molecule has 1 saturated heterocycles. The molecule has 0 bridgehead atoms. The Morgan fingerprint density at radius 2 is 1.95 bits per heavy atom. The summed E-state index contributed by atoms with van der Waals surface area (Å²) in [7, 11) is 1.79. The van der Waals surface area contributed by atoms with E-state index >= 15 is 0 Å². The lowest BCUT2D eigenvalue weighted by molar-refractivity contribution is 0.0923. The van der Waals surface area contributed by atoms with Crippen LogP contribution in [0.25, 0.3) is 11.3 Å². The summed E-state index contributed by atoms with van der Waals surface area (Å²) >= 11 is 1.60. The SMILES string of the molecule is Cc1nc(-c2ccc(C(=O)N[C@@H]3CCCN(c4cnc(C(N)=O)c(Nc5cnn(C)c5)n4)[C@@H]3C)cc2)cs1. The molecule has 4 aromatic rings. The van der Waals surface area contributed by atoms with Gasteiger partial charge in [-0.3, -0.25) is 14.3 Å². The molecular weight excluding hydrogens is 502 g/mol. The van der Waals surface area contributed by atoms with Gasteiger partial charge >= 0.3 is 0 Å². The number of piperidine rings is 1. The van der Waals surface area contributed by atoms with E-state index in [0.717, 1.165) is 35.7 Å². The smallest absolute Gasteiger partial charge is 0.271 e. The minimum Gasteiger partial charge on any atom is -0.364 e. The number of anilines is 3. The van der Waals surface area contributed by atoms with Crippen molar-refractivity contribution < 1.29 is 9.59 Å². The third-order valence-corrected chi connectivity index (χ3v) is 7.39. The van der Waals surface area contributed by atoms with Crippen LogP contribution in [0, 0.1) is 6.92 Å². The van der Waals surface area contributed by atoms with E-state index in [2.05, 4.69) is 42.5 Å². The quantitative estimate of drug-likeness (QED) is 0.330. The number of hydrogen-bond donors (Lipinski definition) is 3. The van der Waals surface area contributed by atoms with Gasteiger partial charge in [-0.1, -0.05) is 12.1 Å². The van der Waals surface area contributed by atoms with Crippen LogP contribution in [0.5, 0.6) is 0 Å². The van der Waals surface area contributed by atoms with Gasteiger partial charge in [0.15, 0.2) is 11.5 Å². The van der Waals surface area contributed by atoms with Crippen LogP contribution in [0.1, 0.15) is 45.6 Å². The largest absolute Gasteiger partial charge is 0.364 e. The lowest BCUT2D eigenvalue weighted by Gasteiger charge is -2.40. The van der Waals surface area contributed by atoms with E-state index in [9.17, 15) is 9.59 Å². The standard InChI is InChI=1S/C26H29N9O2S/c1-15-20(32-26(37)18-8-6-17(7-9-18)21-14-38-16(2)30-21)5-4-10-35(15)22-12-28-23(24(27)36)25(33-22)31-19-11-29-34(3)13-19/h6-9,11-15,20H,4-5,10H2,1-3H3,(H2,27,36)(H,31,33)(H,32,37)/t15-,20-/m1/s1. The molecule has 0 unspecified atom stereocenters. The number of amides is 2. The first-order valence-corrected chi connectivity index (χ1v) is 13.2. The van der Waals surface area contributed by atoms with Crippen molar-refractivity contribution in [3.8, 4) is 11.3 Å². The first-order valence-electron chi connectivity index (χ1n) is 12.3. The summed E-state index contributed by atoms with van der Waals surface area (Å²) in [5.41, 5.74) is 8.74. The molecule has 2 amide bonds. The Morgan fingerprint density at radius 3 is 2.61 bits per heavy atom. The summed E-state index contributed by atoms with van der Waals surface area (Å²) < 4.78 is 1.64. The van der Waals surface area contributed by atoms with Gasteiger partial charge in [-0.2, -0.15) is 5.10 Å². The summed E-state index contributed by atoms with van der Waals surface area (Å²) in [5.74, 6) is 0.0505. The molecule has 12 heteroatoms. The fourth-order valence-electron chi connectivity index (χ4n) is 4.61. The topological polar surface area (TPSA) is 144 Å². The van der Waals surface area contributed by atoms with Gasteiger partial charge in [0.2, 0.25) is 0 Å². The molecule has 1 fully saturated rings. The number of thiazole rings is 1. The van der Waals surface area contributed by atoms with Crippen LogP contribution in [-0.2, 0) is 7.05 Å². The molecule has 38 heavy (non-hydrogen) atoms. The van der Waals surface area contributed by atoms with Crippen molar-refractivity contribution in [2.75, 3.05) is 16.8 Å². The molecule has 0 spiro atoms. The number of hydrogen-bond acceptors (Lipinski definition) is 9. The van der Waals surface area contributed by atoms with Gasteiger partial charge in [-0.15, -0.1) is 11.3 Å². The van der Waals surface area contributed by atoms with Crippen LogP contribution in [0.15, 0.2) is 48.2 Å². The number of aryl methyl sites for hydroxylation is 2. The molecular formula is C26H29N9O2S. The number of carbonyl (C=O) groups is 2. The molecule has 0 radical (unpaired) electrons. The molecule has 4 heterocycles. The fraction of sp³-hybridized carbons (Fsp3) is 0.308. The number of nitrogens with zero attached hydrogens (tertiary/aromatic N) is 6. The van der Waals surface area contributed by atoms with E-state index in [1.165, 1.54) is 0 Å². The Morgan fingerprint density at radius 1 is 1.16 bits per heavy atom. The number of nitrogens with two attached hydrogens (primary N) is 1. The zero-order valence-electron chi connectivity index (χ0n) is 21.4. The van der Waals surface area contributed by atoms with Crippen LogP contribution >= 0.6 is 11.3 Å². The van der Waals surface area contributed by atoms with Crippen molar-refractivity contribution >= 4 is 40.5 Å². The van der Waals surface area contributed by atoms with Gasteiger partial charge < -0.3 is 21.3 Å². The molecule has 11 nitrogen and oxygen atoms in total. The lowest BCUT2D eigenvalue weighted by Crippen LogP contribution is -2.54. The van der Waals surface area contributed by atoms with Gasteiger partial charge in [0.25, 0.3) is 11.8 Å². The third kappa shape index (κ3) is 5.35. The number of aromatic nitrogens is 5. The minimum atomic E-state index is -0.678. The highest BCUT2D eigenvalue weighted by Gasteiger charge is 2.31.